The van der Waals surface area contributed by atoms with Crippen LogP contribution in [0.4, 0.5) is 0 Å². The Hall–Kier alpha value is -1.06. The highest BCUT2D eigenvalue weighted by Gasteiger charge is 2.08. The monoisotopic (exact) mass is 507 g/mol. The summed E-state index contributed by atoms with van der Waals surface area (Å²) in [5.74, 6) is 1.74. The lowest BCUT2D eigenvalue weighted by Crippen LogP contribution is -2.37. The van der Waals surface area contributed by atoms with E-state index in [1.807, 2.05) is 0 Å². The molecule has 28 heavy (non-hydrogen) atoms. The SMILES string of the molecule is CCC(C)Oc1cc(C)ccc1CNC(=NC)NCCCCOCCOC.I. The van der Waals surface area contributed by atoms with Gasteiger partial charge < -0.3 is 24.8 Å². The third-order valence-electron chi connectivity index (χ3n) is 4.24. The Morgan fingerprint density at radius 1 is 1.14 bits per heavy atom. The number of benzene rings is 1. The molecule has 0 saturated heterocycles. The first-order chi connectivity index (χ1) is 13.1. The van der Waals surface area contributed by atoms with E-state index in [1.54, 1.807) is 14.2 Å². The summed E-state index contributed by atoms with van der Waals surface area (Å²) < 4.78 is 16.5. The van der Waals surface area contributed by atoms with E-state index >= 15 is 0 Å². The summed E-state index contributed by atoms with van der Waals surface area (Å²) in [5.41, 5.74) is 2.34. The minimum atomic E-state index is 0. The molecule has 1 rings (SSSR count). The van der Waals surface area contributed by atoms with Crippen molar-refractivity contribution in [3.8, 4) is 5.75 Å². The van der Waals surface area contributed by atoms with Gasteiger partial charge in [-0.1, -0.05) is 19.1 Å². The molecule has 2 N–H and O–H groups in total. The summed E-state index contributed by atoms with van der Waals surface area (Å²) in [7, 11) is 3.47. The Morgan fingerprint density at radius 3 is 2.61 bits per heavy atom. The van der Waals surface area contributed by atoms with Crippen molar-refractivity contribution in [2.45, 2.75) is 52.7 Å². The van der Waals surface area contributed by atoms with Crippen LogP contribution < -0.4 is 15.4 Å². The maximum absolute atomic E-state index is 6.07. The van der Waals surface area contributed by atoms with Gasteiger partial charge in [0.25, 0.3) is 0 Å². The number of hydrogen-bond donors (Lipinski definition) is 2. The molecule has 0 aliphatic heterocycles. The molecule has 0 fully saturated rings. The molecular formula is C21H38IN3O3. The smallest absolute Gasteiger partial charge is 0.191 e. The van der Waals surface area contributed by atoms with Crippen molar-refractivity contribution in [3.05, 3.63) is 29.3 Å². The fourth-order valence-electron chi connectivity index (χ4n) is 2.40. The number of unbranched alkanes of at least 4 members (excludes halogenated alkanes) is 1. The van der Waals surface area contributed by atoms with E-state index in [0.29, 0.717) is 19.8 Å². The number of halogens is 1. The zero-order valence-electron chi connectivity index (χ0n) is 18.0. The highest BCUT2D eigenvalue weighted by molar-refractivity contribution is 14.0. The number of guanidine groups is 1. The summed E-state index contributed by atoms with van der Waals surface area (Å²) in [5, 5.41) is 6.71. The van der Waals surface area contributed by atoms with Crippen LogP contribution in [-0.4, -0.2) is 52.6 Å². The van der Waals surface area contributed by atoms with E-state index in [1.165, 1.54) is 5.56 Å². The van der Waals surface area contributed by atoms with E-state index in [-0.39, 0.29) is 30.1 Å². The maximum atomic E-state index is 6.07. The predicted octanol–water partition coefficient (Wildman–Crippen LogP) is 3.90. The third kappa shape index (κ3) is 11.7. The number of aryl methyl sites for hydroxylation is 1. The highest BCUT2D eigenvalue weighted by atomic mass is 127. The van der Waals surface area contributed by atoms with Gasteiger partial charge in [-0.25, -0.2) is 0 Å². The number of nitrogens with one attached hydrogen (secondary N) is 2. The first kappa shape index (κ1) is 26.9. The first-order valence-electron chi connectivity index (χ1n) is 9.88. The minimum absolute atomic E-state index is 0. The Labute approximate surface area is 187 Å². The number of hydrogen-bond acceptors (Lipinski definition) is 4. The number of methoxy groups -OCH3 is 1. The molecule has 0 radical (unpaired) electrons. The second-order valence-electron chi connectivity index (χ2n) is 6.61. The molecule has 0 spiro atoms. The summed E-state index contributed by atoms with van der Waals surface area (Å²) in [6.45, 7) is 9.91. The van der Waals surface area contributed by atoms with Gasteiger partial charge in [0, 0.05) is 39.4 Å². The number of aliphatic imine (C=N–C) groups is 1. The molecule has 0 heterocycles. The van der Waals surface area contributed by atoms with E-state index in [9.17, 15) is 0 Å². The number of nitrogens with zero attached hydrogens (tertiary/aromatic N) is 1. The van der Waals surface area contributed by atoms with E-state index in [0.717, 1.165) is 49.7 Å². The van der Waals surface area contributed by atoms with Crippen LogP contribution in [0.25, 0.3) is 0 Å². The number of ether oxygens (including phenoxy) is 3. The predicted molar refractivity (Wildman–Crippen MR) is 127 cm³/mol. The van der Waals surface area contributed by atoms with Crippen LogP contribution in [0.1, 0.15) is 44.2 Å². The van der Waals surface area contributed by atoms with Gasteiger partial charge in [0.1, 0.15) is 5.75 Å². The molecule has 0 aromatic heterocycles. The van der Waals surface area contributed by atoms with Crippen molar-refractivity contribution in [3.63, 3.8) is 0 Å². The maximum Gasteiger partial charge on any atom is 0.191 e. The fourth-order valence-corrected chi connectivity index (χ4v) is 2.40. The first-order valence-corrected chi connectivity index (χ1v) is 9.88. The van der Waals surface area contributed by atoms with Crippen LogP contribution in [-0.2, 0) is 16.0 Å². The van der Waals surface area contributed by atoms with Gasteiger partial charge in [0.15, 0.2) is 5.96 Å². The second kappa shape index (κ2) is 16.9. The lowest BCUT2D eigenvalue weighted by Gasteiger charge is -2.18. The molecule has 162 valence electrons. The highest BCUT2D eigenvalue weighted by Crippen LogP contribution is 2.22. The minimum Gasteiger partial charge on any atom is -0.490 e. The van der Waals surface area contributed by atoms with Crippen LogP contribution in [0.3, 0.4) is 0 Å². The molecule has 0 amide bonds. The van der Waals surface area contributed by atoms with E-state index < -0.39 is 0 Å². The van der Waals surface area contributed by atoms with Crippen LogP contribution in [0.15, 0.2) is 23.2 Å². The average Bonchev–Trinajstić information content (AvgIpc) is 2.67. The quantitative estimate of drug-likeness (QED) is 0.184. The van der Waals surface area contributed by atoms with Crippen molar-refractivity contribution in [2.75, 3.05) is 40.5 Å². The Morgan fingerprint density at radius 2 is 1.93 bits per heavy atom. The lowest BCUT2D eigenvalue weighted by molar-refractivity contribution is 0.0689. The molecule has 7 heteroatoms. The zero-order valence-corrected chi connectivity index (χ0v) is 20.4. The fraction of sp³-hybridized carbons (Fsp3) is 0.667. The average molecular weight is 507 g/mol. The largest absolute Gasteiger partial charge is 0.490 e. The van der Waals surface area contributed by atoms with Gasteiger partial charge in [-0.3, -0.25) is 4.99 Å². The molecule has 1 aromatic carbocycles. The summed E-state index contributed by atoms with van der Waals surface area (Å²) >= 11 is 0. The van der Waals surface area contributed by atoms with Gasteiger partial charge >= 0.3 is 0 Å². The van der Waals surface area contributed by atoms with Crippen molar-refractivity contribution in [2.24, 2.45) is 4.99 Å². The Kier molecular flexibility index (Phi) is 16.2. The third-order valence-corrected chi connectivity index (χ3v) is 4.24. The van der Waals surface area contributed by atoms with E-state index in [2.05, 4.69) is 54.6 Å². The Balaban J connectivity index is 0.00000729. The molecule has 1 atom stereocenters. The standard InChI is InChI=1S/C21H37N3O3.HI/c1-6-18(3)27-20-15-17(2)9-10-19(20)16-24-21(22-4)23-11-7-8-12-26-14-13-25-5;/h9-10,15,18H,6-8,11-14,16H2,1-5H3,(H2,22,23,24);1H. The van der Waals surface area contributed by atoms with Crippen molar-refractivity contribution >= 4 is 29.9 Å². The molecule has 0 saturated carbocycles. The second-order valence-corrected chi connectivity index (χ2v) is 6.61. The molecule has 0 aliphatic carbocycles. The molecule has 1 unspecified atom stereocenters. The number of rotatable bonds is 13. The Bertz CT molecular complexity index is 556. The molecule has 6 nitrogen and oxygen atoms in total. The topological polar surface area (TPSA) is 64.1 Å². The van der Waals surface area contributed by atoms with Crippen molar-refractivity contribution < 1.29 is 14.2 Å². The van der Waals surface area contributed by atoms with Crippen LogP contribution in [0.2, 0.25) is 0 Å². The molecular weight excluding hydrogens is 469 g/mol. The summed E-state index contributed by atoms with van der Waals surface area (Å²) in [6, 6.07) is 6.33. The van der Waals surface area contributed by atoms with Gasteiger partial charge in [0.2, 0.25) is 0 Å². The van der Waals surface area contributed by atoms with Gasteiger partial charge in [-0.05, 0) is 44.7 Å². The zero-order chi connectivity index (χ0) is 19.9. The normalized spacial score (nSPS) is 12.2. The molecule has 0 bridgehead atoms. The lowest BCUT2D eigenvalue weighted by atomic mass is 10.1. The van der Waals surface area contributed by atoms with Crippen LogP contribution >= 0.6 is 24.0 Å². The molecule has 1 aromatic rings. The summed E-state index contributed by atoms with van der Waals surface area (Å²) in [6.07, 6.45) is 3.23. The van der Waals surface area contributed by atoms with Crippen molar-refractivity contribution in [1.29, 1.82) is 0 Å². The van der Waals surface area contributed by atoms with Gasteiger partial charge in [0.05, 0.1) is 19.3 Å². The summed E-state index contributed by atoms with van der Waals surface area (Å²) in [4.78, 5) is 4.29. The van der Waals surface area contributed by atoms with Crippen LogP contribution in [0.5, 0.6) is 5.75 Å². The van der Waals surface area contributed by atoms with Gasteiger partial charge in [-0.2, -0.15) is 0 Å². The van der Waals surface area contributed by atoms with E-state index in [4.69, 9.17) is 14.2 Å². The van der Waals surface area contributed by atoms with Gasteiger partial charge in [-0.15, -0.1) is 24.0 Å². The molecule has 0 aliphatic rings. The van der Waals surface area contributed by atoms with Crippen molar-refractivity contribution in [1.82, 2.24) is 10.6 Å². The van der Waals surface area contributed by atoms with Crippen LogP contribution in [0, 0.1) is 6.92 Å².